The number of aromatic nitrogens is 1. The van der Waals surface area contributed by atoms with Crippen molar-refractivity contribution in [3.05, 3.63) is 17.8 Å². The Hall–Kier alpha value is -1.25. The maximum atomic E-state index is 4.37. The Morgan fingerprint density at radius 1 is 1.43 bits per heavy atom. The fraction of sp³-hybridized carbons (Fsp3) is 0.545. The van der Waals surface area contributed by atoms with Gasteiger partial charge in [0, 0.05) is 18.8 Å². The van der Waals surface area contributed by atoms with Crippen molar-refractivity contribution in [2.45, 2.75) is 25.8 Å². The lowest BCUT2D eigenvalue weighted by Crippen LogP contribution is -2.35. The zero-order valence-corrected chi connectivity index (χ0v) is 8.38. The molecule has 2 aliphatic rings. The summed E-state index contributed by atoms with van der Waals surface area (Å²) in [6.45, 7) is 3.16. The molecule has 1 atom stereocenters. The van der Waals surface area contributed by atoms with Gasteiger partial charge >= 0.3 is 0 Å². The number of pyridine rings is 1. The summed E-state index contributed by atoms with van der Waals surface area (Å²) in [7, 11) is 0. The molecular weight excluding hydrogens is 174 g/mol. The molecule has 1 unspecified atom stereocenters. The van der Waals surface area contributed by atoms with Gasteiger partial charge < -0.3 is 10.6 Å². The minimum absolute atomic E-state index is 0.594. The lowest BCUT2D eigenvalue weighted by atomic mass is 10.1. The lowest BCUT2D eigenvalue weighted by Gasteiger charge is -2.28. The molecule has 1 aromatic heterocycles. The van der Waals surface area contributed by atoms with E-state index in [0.29, 0.717) is 6.04 Å². The van der Waals surface area contributed by atoms with Gasteiger partial charge in [0.15, 0.2) is 0 Å². The standard InChI is InChI=1S/C11H15N3/c1-7-4-5-12-11-10(7)13-6-9(14-11)8-2-3-8/h4-5,8-9,13H,2-3,6H2,1H3,(H,12,14). The molecule has 1 saturated carbocycles. The Balaban J connectivity index is 1.90. The quantitative estimate of drug-likeness (QED) is 0.709. The third-order valence-electron chi connectivity index (χ3n) is 3.17. The van der Waals surface area contributed by atoms with Gasteiger partial charge in [-0.1, -0.05) is 0 Å². The monoisotopic (exact) mass is 189 g/mol. The normalized spacial score (nSPS) is 24.8. The second kappa shape index (κ2) is 2.87. The summed E-state index contributed by atoms with van der Waals surface area (Å²) in [5.74, 6) is 1.91. The van der Waals surface area contributed by atoms with Crippen LogP contribution in [-0.2, 0) is 0 Å². The highest BCUT2D eigenvalue weighted by molar-refractivity contribution is 5.70. The van der Waals surface area contributed by atoms with E-state index in [2.05, 4.69) is 22.5 Å². The van der Waals surface area contributed by atoms with E-state index in [-0.39, 0.29) is 0 Å². The molecule has 14 heavy (non-hydrogen) atoms. The van der Waals surface area contributed by atoms with Crippen LogP contribution in [0.15, 0.2) is 12.3 Å². The second-order valence-corrected chi connectivity index (χ2v) is 4.32. The van der Waals surface area contributed by atoms with E-state index >= 15 is 0 Å². The van der Waals surface area contributed by atoms with Gasteiger partial charge in [-0.15, -0.1) is 0 Å². The smallest absolute Gasteiger partial charge is 0.149 e. The Morgan fingerprint density at radius 3 is 3.07 bits per heavy atom. The molecule has 3 rings (SSSR count). The molecule has 3 nitrogen and oxygen atoms in total. The van der Waals surface area contributed by atoms with E-state index in [9.17, 15) is 0 Å². The Kier molecular flexibility index (Phi) is 1.66. The van der Waals surface area contributed by atoms with E-state index in [1.54, 1.807) is 0 Å². The molecule has 1 fully saturated rings. The average Bonchev–Trinajstić information content (AvgIpc) is 3.01. The summed E-state index contributed by atoms with van der Waals surface area (Å²) in [6, 6.07) is 2.64. The van der Waals surface area contributed by atoms with E-state index < -0.39 is 0 Å². The summed E-state index contributed by atoms with van der Waals surface area (Å²) in [6.07, 6.45) is 4.62. The minimum atomic E-state index is 0.594. The van der Waals surface area contributed by atoms with Gasteiger partial charge in [0.05, 0.1) is 5.69 Å². The Bertz CT molecular complexity index is 358. The minimum Gasteiger partial charge on any atom is -0.380 e. The van der Waals surface area contributed by atoms with E-state index in [4.69, 9.17) is 0 Å². The average molecular weight is 189 g/mol. The lowest BCUT2D eigenvalue weighted by molar-refractivity contribution is 0.648. The van der Waals surface area contributed by atoms with Gasteiger partial charge in [-0.3, -0.25) is 0 Å². The van der Waals surface area contributed by atoms with Crippen LogP contribution in [-0.4, -0.2) is 17.6 Å². The third kappa shape index (κ3) is 1.24. The van der Waals surface area contributed by atoms with Gasteiger partial charge in [-0.25, -0.2) is 4.98 Å². The number of hydrogen-bond donors (Lipinski definition) is 2. The van der Waals surface area contributed by atoms with Crippen LogP contribution in [0, 0.1) is 12.8 Å². The highest BCUT2D eigenvalue weighted by atomic mass is 15.1. The first kappa shape index (κ1) is 8.09. The van der Waals surface area contributed by atoms with Crippen molar-refractivity contribution in [2.75, 3.05) is 17.2 Å². The van der Waals surface area contributed by atoms with Crippen molar-refractivity contribution >= 4 is 11.5 Å². The van der Waals surface area contributed by atoms with E-state index in [1.165, 1.54) is 24.1 Å². The molecule has 0 radical (unpaired) electrons. The molecular formula is C11H15N3. The van der Waals surface area contributed by atoms with Crippen LogP contribution in [0.3, 0.4) is 0 Å². The summed E-state index contributed by atoms with van der Waals surface area (Å²) >= 11 is 0. The van der Waals surface area contributed by atoms with Gasteiger partial charge in [-0.2, -0.15) is 0 Å². The fourth-order valence-electron chi connectivity index (χ4n) is 2.11. The van der Waals surface area contributed by atoms with Crippen molar-refractivity contribution in [1.29, 1.82) is 0 Å². The number of nitrogens with one attached hydrogen (secondary N) is 2. The van der Waals surface area contributed by atoms with E-state index in [0.717, 1.165) is 18.3 Å². The number of hydrogen-bond acceptors (Lipinski definition) is 3. The van der Waals surface area contributed by atoms with Crippen LogP contribution < -0.4 is 10.6 Å². The van der Waals surface area contributed by atoms with Crippen molar-refractivity contribution < 1.29 is 0 Å². The number of nitrogens with zero attached hydrogens (tertiary/aromatic N) is 1. The summed E-state index contributed by atoms with van der Waals surface area (Å²) in [5, 5.41) is 7.00. The van der Waals surface area contributed by atoms with Crippen LogP contribution in [0.2, 0.25) is 0 Å². The Morgan fingerprint density at radius 2 is 2.29 bits per heavy atom. The summed E-state index contributed by atoms with van der Waals surface area (Å²) in [4.78, 5) is 4.37. The Labute approximate surface area is 83.9 Å². The van der Waals surface area contributed by atoms with Gasteiger partial charge in [0.2, 0.25) is 0 Å². The van der Waals surface area contributed by atoms with Crippen molar-refractivity contribution in [3.8, 4) is 0 Å². The van der Waals surface area contributed by atoms with Gasteiger partial charge in [-0.05, 0) is 37.3 Å². The van der Waals surface area contributed by atoms with Crippen LogP contribution in [0.5, 0.6) is 0 Å². The topological polar surface area (TPSA) is 37.0 Å². The number of fused-ring (bicyclic) bond motifs is 1. The predicted octanol–water partition coefficient (Wildman–Crippen LogP) is 2.01. The maximum absolute atomic E-state index is 4.37. The van der Waals surface area contributed by atoms with Crippen LogP contribution in [0.1, 0.15) is 18.4 Å². The highest BCUT2D eigenvalue weighted by Gasteiger charge is 2.33. The first-order valence-electron chi connectivity index (χ1n) is 5.30. The molecule has 1 aliphatic carbocycles. The summed E-state index contributed by atoms with van der Waals surface area (Å²) in [5.41, 5.74) is 2.46. The van der Waals surface area contributed by atoms with Crippen molar-refractivity contribution in [1.82, 2.24) is 4.98 Å². The van der Waals surface area contributed by atoms with E-state index in [1.807, 2.05) is 12.3 Å². The summed E-state index contributed by atoms with van der Waals surface area (Å²) < 4.78 is 0. The maximum Gasteiger partial charge on any atom is 0.149 e. The number of aryl methyl sites for hydroxylation is 1. The SMILES string of the molecule is Cc1ccnc2c1NCC(C1CC1)N2. The fourth-order valence-corrected chi connectivity index (χ4v) is 2.11. The van der Waals surface area contributed by atoms with Gasteiger partial charge in [0.1, 0.15) is 5.82 Å². The zero-order chi connectivity index (χ0) is 9.54. The third-order valence-corrected chi connectivity index (χ3v) is 3.17. The molecule has 2 heterocycles. The van der Waals surface area contributed by atoms with Crippen molar-refractivity contribution in [2.24, 2.45) is 5.92 Å². The molecule has 0 bridgehead atoms. The molecule has 0 aromatic carbocycles. The first-order valence-corrected chi connectivity index (χ1v) is 5.30. The number of anilines is 2. The largest absolute Gasteiger partial charge is 0.380 e. The van der Waals surface area contributed by atoms with Gasteiger partial charge in [0.25, 0.3) is 0 Å². The molecule has 3 heteroatoms. The predicted molar refractivity (Wildman–Crippen MR) is 57.6 cm³/mol. The molecule has 0 spiro atoms. The second-order valence-electron chi connectivity index (χ2n) is 4.32. The van der Waals surface area contributed by atoms with Crippen molar-refractivity contribution in [3.63, 3.8) is 0 Å². The first-order chi connectivity index (χ1) is 6.84. The highest BCUT2D eigenvalue weighted by Crippen LogP contribution is 2.37. The molecule has 74 valence electrons. The number of rotatable bonds is 1. The molecule has 1 aromatic rings. The van der Waals surface area contributed by atoms with Crippen LogP contribution in [0.25, 0.3) is 0 Å². The molecule has 0 saturated heterocycles. The molecule has 1 aliphatic heterocycles. The molecule has 0 amide bonds. The molecule has 2 N–H and O–H groups in total. The van der Waals surface area contributed by atoms with Crippen LogP contribution >= 0.6 is 0 Å². The van der Waals surface area contributed by atoms with Crippen LogP contribution in [0.4, 0.5) is 11.5 Å². The zero-order valence-electron chi connectivity index (χ0n) is 8.38.